The molecule has 1 fully saturated rings. The summed E-state index contributed by atoms with van der Waals surface area (Å²) >= 11 is 0. The van der Waals surface area contributed by atoms with E-state index in [0.29, 0.717) is 0 Å². The summed E-state index contributed by atoms with van der Waals surface area (Å²) in [6, 6.07) is 0. The molecule has 0 radical (unpaired) electrons. The van der Waals surface area contributed by atoms with Crippen molar-refractivity contribution >= 4 is 7.60 Å². The predicted molar refractivity (Wildman–Crippen MR) is 57.7 cm³/mol. The van der Waals surface area contributed by atoms with Gasteiger partial charge in [0.2, 0.25) is 0 Å². The van der Waals surface area contributed by atoms with Crippen LogP contribution in [-0.4, -0.2) is 17.9 Å². The summed E-state index contributed by atoms with van der Waals surface area (Å²) in [5.74, 6) is 0. The monoisotopic (exact) mass is 220 g/mol. The molecule has 0 aliphatic heterocycles. The Hall–Kier alpha value is 0.150. The van der Waals surface area contributed by atoms with Crippen molar-refractivity contribution in [2.45, 2.75) is 64.8 Å². The van der Waals surface area contributed by atoms with Gasteiger partial charge in [-0.1, -0.05) is 6.42 Å². The molecule has 0 atom stereocenters. The van der Waals surface area contributed by atoms with Gasteiger partial charge in [0.25, 0.3) is 0 Å². The summed E-state index contributed by atoms with van der Waals surface area (Å²) in [5, 5.41) is 0. The zero-order valence-corrected chi connectivity index (χ0v) is 10.4. The molecule has 1 aliphatic carbocycles. The third kappa shape index (κ3) is 3.08. The van der Waals surface area contributed by atoms with Crippen LogP contribution >= 0.6 is 7.60 Å². The van der Waals surface area contributed by atoms with Crippen LogP contribution in [0.1, 0.15) is 47.0 Å². The van der Waals surface area contributed by atoms with Crippen molar-refractivity contribution in [2.24, 2.45) is 0 Å². The summed E-state index contributed by atoms with van der Waals surface area (Å²) in [7, 11) is -2.84. The molecule has 1 saturated carbocycles. The molecule has 3 nitrogen and oxygen atoms in total. The van der Waals surface area contributed by atoms with Crippen LogP contribution in [0.25, 0.3) is 0 Å². The van der Waals surface area contributed by atoms with Crippen LogP contribution in [0, 0.1) is 0 Å². The second kappa shape index (κ2) is 4.78. The van der Waals surface area contributed by atoms with E-state index in [1.54, 1.807) is 0 Å². The average Bonchev–Trinajstić information content (AvgIpc) is 1.74. The fourth-order valence-electron chi connectivity index (χ4n) is 1.49. The first kappa shape index (κ1) is 12.2. The molecule has 0 aromatic carbocycles. The Kier molecular flexibility index (Phi) is 4.17. The van der Waals surface area contributed by atoms with Crippen molar-refractivity contribution in [3.8, 4) is 0 Å². The lowest BCUT2D eigenvalue weighted by Crippen LogP contribution is -2.24. The van der Waals surface area contributed by atoms with Gasteiger partial charge in [0.05, 0.1) is 17.9 Å². The van der Waals surface area contributed by atoms with Crippen LogP contribution in [0.2, 0.25) is 0 Å². The molecule has 0 bridgehead atoms. The lowest BCUT2D eigenvalue weighted by atomic mass is 10.00. The van der Waals surface area contributed by atoms with Crippen molar-refractivity contribution < 1.29 is 13.6 Å². The van der Waals surface area contributed by atoms with Gasteiger partial charge in [-0.2, -0.15) is 0 Å². The van der Waals surface area contributed by atoms with Gasteiger partial charge in [-0.15, -0.1) is 0 Å². The van der Waals surface area contributed by atoms with Gasteiger partial charge >= 0.3 is 7.60 Å². The molecule has 84 valence electrons. The maximum atomic E-state index is 12.4. The standard InChI is InChI=1S/C10H21O3P/c1-8(2)12-14(11,13-9(3)4)10-6-5-7-10/h8-10H,5-7H2,1-4H3. The third-order valence-corrected chi connectivity index (χ3v) is 5.08. The Labute approximate surface area is 86.7 Å². The van der Waals surface area contributed by atoms with Crippen LogP contribution in [0.15, 0.2) is 0 Å². The average molecular weight is 220 g/mol. The van der Waals surface area contributed by atoms with E-state index < -0.39 is 7.60 Å². The van der Waals surface area contributed by atoms with Gasteiger partial charge in [0.15, 0.2) is 0 Å². The Morgan fingerprint density at radius 1 is 1.07 bits per heavy atom. The lowest BCUT2D eigenvalue weighted by molar-refractivity contribution is 0.129. The first-order chi connectivity index (χ1) is 6.44. The molecule has 0 heterocycles. The topological polar surface area (TPSA) is 35.5 Å². The highest BCUT2D eigenvalue weighted by Crippen LogP contribution is 2.61. The molecule has 0 unspecified atom stereocenters. The summed E-state index contributed by atoms with van der Waals surface area (Å²) < 4.78 is 23.3. The Bertz CT molecular complexity index is 207. The molecule has 0 spiro atoms. The number of rotatable bonds is 5. The quantitative estimate of drug-likeness (QED) is 0.664. The van der Waals surface area contributed by atoms with Gasteiger partial charge in [0.1, 0.15) is 0 Å². The molecule has 0 saturated heterocycles. The fourth-order valence-corrected chi connectivity index (χ4v) is 4.05. The molecule has 1 aliphatic rings. The Morgan fingerprint density at radius 3 is 1.71 bits per heavy atom. The summed E-state index contributed by atoms with van der Waals surface area (Å²) in [6.45, 7) is 7.59. The second-order valence-electron chi connectivity index (χ2n) is 4.43. The number of hydrogen-bond acceptors (Lipinski definition) is 3. The molecule has 1 rings (SSSR count). The van der Waals surface area contributed by atoms with E-state index >= 15 is 0 Å². The van der Waals surface area contributed by atoms with E-state index in [1.807, 2.05) is 27.7 Å². The first-order valence-electron chi connectivity index (χ1n) is 5.40. The van der Waals surface area contributed by atoms with E-state index in [-0.39, 0.29) is 17.9 Å². The summed E-state index contributed by atoms with van der Waals surface area (Å²) in [5.41, 5.74) is 0.146. The Morgan fingerprint density at radius 2 is 1.50 bits per heavy atom. The van der Waals surface area contributed by atoms with E-state index in [1.165, 1.54) is 0 Å². The minimum Gasteiger partial charge on any atom is -0.306 e. The van der Waals surface area contributed by atoms with Crippen molar-refractivity contribution in [1.29, 1.82) is 0 Å². The predicted octanol–water partition coefficient (Wildman–Crippen LogP) is 3.58. The molecule has 4 heteroatoms. The van der Waals surface area contributed by atoms with Crippen LogP contribution < -0.4 is 0 Å². The number of hydrogen-bond donors (Lipinski definition) is 0. The van der Waals surface area contributed by atoms with Crippen molar-refractivity contribution in [1.82, 2.24) is 0 Å². The minimum atomic E-state index is -2.84. The van der Waals surface area contributed by atoms with Gasteiger partial charge in [-0.3, -0.25) is 4.57 Å². The first-order valence-corrected chi connectivity index (χ1v) is 7.02. The molecule has 0 aromatic rings. The SMILES string of the molecule is CC(C)OP(=O)(OC(C)C)C1CCC1. The van der Waals surface area contributed by atoms with Gasteiger partial charge in [-0.05, 0) is 40.5 Å². The molecule has 14 heavy (non-hydrogen) atoms. The summed E-state index contributed by atoms with van der Waals surface area (Å²) in [6.07, 6.45) is 3.06. The zero-order chi connectivity index (χ0) is 10.8. The summed E-state index contributed by atoms with van der Waals surface area (Å²) in [4.78, 5) is 0. The largest absolute Gasteiger partial charge is 0.334 e. The van der Waals surface area contributed by atoms with Crippen molar-refractivity contribution in [3.63, 3.8) is 0 Å². The van der Waals surface area contributed by atoms with Gasteiger partial charge < -0.3 is 9.05 Å². The molecular formula is C10H21O3P. The van der Waals surface area contributed by atoms with Crippen molar-refractivity contribution in [3.05, 3.63) is 0 Å². The van der Waals surface area contributed by atoms with E-state index in [4.69, 9.17) is 9.05 Å². The van der Waals surface area contributed by atoms with Gasteiger partial charge in [0, 0.05) is 0 Å². The van der Waals surface area contributed by atoms with Crippen LogP contribution in [0.3, 0.4) is 0 Å². The highest BCUT2D eigenvalue weighted by Gasteiger charge is 2.41. The maximum absolute atomic E-state index is 12.4. The Balaban J connectivity index is 2.62. The highest BCUT2D eigenvalue weighted by atomic mass is 31.2. The van der Waals surface area contributed by atoms with Gasteiger partial charge in [-0.25, -0.2) is 0 Å². The van der Waals surface area contributed by atoms with Crippen LogP contribution in [0.4, 0.5) is 0 Å². The van der Waals surface area contributed by atoms with E-state index in [0.717, 1.165) is 19.3 Å². The fraction of sp³-hybridized carbons (Fsp3) is 1.00. The maximum Gasteiger partial charge on any atom is 0.334 e. The highest BCUT2D eigenvalue weighted by molar-refractivity contribution is 7.54. The van der Waals surface area contributed by atoms with Crippen LogP contribution in [0.5, 0.6) is 0 Å². The molecule has 0 aromatic heterocycles. The lowest BCUT2D eigenvalue weighted by Gasteiger charge is -2.34. The van der Waals surface area contributed by atoms with Crippen LogP contribution in [-0.2, 0) is 13.6 Å². The molecule has 0 amide bonds. The van der Waals surface area contributed by atoms with E-state index in [2.05, 4.69) is 0 Å². The normalized spacial score (nSPS) is 19.0. The molecular weight excluding hydrogens is 199 g/mol. The minimum absolute atomic E-state index is 0.0276. The van der Waals surface area contributed by atoms with E-state index in [9.17, 15) is 4.57 Å². The zero-order valence-electron chi connectivity index (χ0n) is 9.53. The third-order valence-electron chi connectivity index (χ3n) is 2.24. The second-order valence-corrected chi connectivity index (χ2v) is 6.66. The smallest absolute Gasteiger partial charge is 0.306 e. The van der Waals surface area contributed by atoms with Crippen molar-refractivity contribution in [2.75, 3.05) is 0 Å². The molecule has 0 N–H and O–H groups in total.